The fourth-order valence-electron chi connectivity index (χ4n) is 1.89. The van der Waals surface area contributed by atoms with Crippen molar-refractivity contribution in [3.05, 3.63) is 28.3 Å². The van der Waals surface area contributed by atoms with Crippen LogP contribution in [0.4, 0.5) is 0 Å². The van der Waals surface area contributed by atoms with Crippen LogP contribution in [0.3, 0.4) is 0 Å². The number of halogens is 2. The van der Waals surface area contributed by atoms with Gasteiger partial charge in [-0.25, -0.2) is 0 Å². The van der Waals surface area contributed by atoms with Gasteiger partial charge in [-0.2, -0.15) is 0 Å². The predicted molar refractivity (Wildman–Crippen MR) is 78.6 cm³/mol. The lowest BCUT2D eigenvalue weighted by atomic mass is 10.2. The molecule has 2 aromatic rings. The van der Waals surface area contributed by atoms with Gasteiger partial charge in [0, 0.05) is 12.0 Å². The highest BCUT2D eigenvalue weighted by Gasteiger charge is 2.20. The Balaban J connectivity index is 2.69. The van der Waals surface area contributed by atoms with Crippen LogP contribution in [0.2, 0.25) is 10.3 Å². The molecule has 108 valence electrons. The van der Waals surface area contributed by atoms with Crippen LogP contribution in [0.25, 0.3) is 5.69 Å². The zero-order valence-electron chi connectivity index (χ0n) is 11.6. The molecule has 0 radical (unpaired) electrons. The molecule has 1 aromatic carbocycles. The summed E-state index contributed by atoms with van der Waals surface area (Å²) in [6.07, 6.45) is 0. The van der Waals surface area contributed by atoms with Gasteiger partial charge in [-0.05, 0) is 17.7 Å². The van der Waals surface area contributed by atoms with Crippen LogP contribution in [-0.4, -0.2) is 29.0 Å². The molecule has 0 aliphatic heterocycles. The van der Waals surface area contributed by atoms with Crippen molar-refractivity contribution < 1.29 is 9.47 Å². The summed E-state index contributed by atoms with van der Waals surface area (Å²) in [7, 11) is 3.12. The second-order valence-corrected chi connectivity index (χ2v) is 5.22. The normalized spacial score (nSPS) is 10.9. The topological polar surface area (TPSA) is 49.2 Å². The molecule has 7 heteroatoms. The van der Waals surface area contributed by atoms with Crippen LogP contribution in [0.1, 0.15) is 25.6 Å². The lowest BCUT2D eigenvalue weighted by Gasteiger charge is -2.15. The highest BCUT2D eigenvalue weighted by atomic mass is 35.5. The number of ether oxygens (including phenoxy) is 2. The Labute approximate surface area is 127 Å². The lowest BCUT2D eigenvalue weighted by molar-refractivity contribution is 0.393. The van der Waals surface area contributed by atoms with Gasteiger partial charge in [-0.15, -0.1) is 10.2 Å². The van der Waals surface area contributed by atoms with Crippen molar-refractivity contribution in [1.29, 1.82) is 0 Å². The molecular formula is C13H15Cl2N3O2. The number of benzene rings is 1. The summed E-state index contributed by atoms with van der Waals surface area (Å²) >= 11 is 12.3. The van der Waals surface area contributed by atoms with Gasteiger partial charge in [0.2, 0.25) is 5.28 Å². The number of methoxy groups -OCH3 is 2. The number of rotatable bonds is 4. The molecule has 0 bridgehead atoms. The van der Waals surface area contributed by atoms with E-state index in [0.29, 0.717) is 22.2 Å². The second kappa shape index (κ2) is 5.89. The van der Waals surface area contributed by atoms with E-state index in [1.807, 2.05) is 13.8 Å². The summed E-state index contributed by atoms with van der Waals surface area (Å²) in [5, 5.41) is 8.72. The highest BCUT2D eigenvalue weighted by Crippen LogP contribution is 2.37. The Bertz CT molecular complexity index is 626. The molecule has 5 nitrogen and oxygen atoms in total. The molecule has 0 atom stereocenters. The van der Waals surface area contributed by atoms with Gasteiger partial charge in [0.1, 0.15) is 17.3 Å². The molecule has 0 aliphatic rings. The second-order valence-electron chi connectivity index (χ2n) is 4.48. The minimum Gasteiger partial charge on any atom is -0.495 e. The summed E-state index contributed by atoms with van der Waals surface area (Å²) in [6, 6.07) is 3.43. The minimum absolute atomic E-state index is 0.153. The first kappa shape index (κ1) is 14.9. The quantitative estimate of drug-likeness (QED) is 0.863. The van der Waals surface area contributed by atoms with Crippen molar-refractivity contribution in [3.8, 4) is 17.2 Å². The fourth-order valence-corrected chi connectivity index (χ4v) is 2.34. The third-order valence-corrected chi connectivity index (χ3v) is 3.40. The largest absolute Gasteiger partial charge is 0.495 e. The summed E-state index contributed by atoms with van der Waals surface area (Å²) in [4.78, 5) is 0. The van der Waals surface area contributed by atoms with E-state index < -0.39 is 0 Å². The number of nitrogens with zero attached hydrogens (tertiary/aromatic N) is 3. The van der Waals surface area contributed by atoms with E-state index >= 15 is 0 Å². The molecule has 20 heavy (non-hydrogen) atoms. The van der Waals surface area contributed by atoms with Gasteiger partial charge >= 0.3 is 0 Å². The average Bonchev–Trinajstić information content (AvgIpc) is 2.80. The first-order valence-corrected chi connectivity index (χ1v) is 6.77. The average molecular weight is 316 g/mol. The molecule has 0 saturated heterocycles. The standard InChI is InChI=1S/C13H15Cl2N3O2/c1-7(2)12-16-17-13(15)18(12)9-5-8(14)10(19-3)6-11(9)20-4/h5-7H,1-4H3. The Kier molecular flexibility index (Phi) is 4.40. The van der Waals surface area contributed by atoms with E-state index in [1.165, 1.54) is 0 Å². The van der Waals surface area contributed by atoms with Crippen molar-refractivity contribution >= 4 is 23.2 Å². The fraction of sp³-hybridized carbons (Fsp3) is 0.385. The SMILES string of the molecule is COc1cc(OC)c(-n2c(Cl)nnc2C(C)C)cc1Cl. The molecule has 0 amide bonds. The van der Waals surface area contributed by atoms with Gasteiger partial charge in [-0.3, -0.25) is 4.57 Å². The first-order valence-electron chi connectivity index (χ1n) is 6.02. The van der Waals surface area contributed by atoms with Crippen LogP contribution in [0.5, 0.6) is 11.5 Å². The smallest absolute Gasteiger partial charge is 0.229 e. The highest BCUT2D eigenvalue weighted by molar-refractivity contribution is 6.32. The van der Waals surface area contributed by atoms with Gasteiger partial charge in [0.15, 0.2) is 0 Å². The van der Waals surface area contributed by atoms with Gasteiger partial charge in [-0.1, -0.05) is 25.4 Å². The molecule has 0 unspecified atom stereocenters. The Morgan fingerprint density at radius 3 is 2.25 bits per heavy atom. The zero-order chi connectivity index (χ0) is 14.9. The summed E-state index contributed by atoms with van der Waals surface area (Å²) in [5.74, 6) is 1.99. The van der Waals surface area contributed by atoms with Crippen LogP contribution >= 0.6 is 23.2 Å². The van der Waals surface area contributed by atoms with Crippen molar-refractivity contribution in [1.82, 2.24) is 14.8 Å². The molecule has 0 fully saturated rings. The minimum atomic E-state index is 0.153. The summed E-state index contributed by atoms with van der Waals surface area (Å²) in [5.41, 5.74) is 0.678. The lowest BCUT2D eigenvalue weighted by Crippen LogP contribution is -2.05. The Morgan fingerprint density at radius 2 is 1.70 bits per heavy atom. The van der Waals surface area contributed by atoms with Gasteiger partial charge in [0.05, 0.1) is 24.9 Å². The summed E-state index contributed by atoms with van der Waals surface area (Å²) < 4.78 is 12.3. The first-order chi connectivity index (χ1) is 9.49. The van der Waals surface area contributed by atoms with Crippen LogP contribution in [0, 0.1) is 0 Å². The molecule has 1 aromatic heterocycles. The monoisotopic (exact) mass is 315 g/mol. The van der Waals surface area contributed by atoms with Crippen molar-refractivity contribution in [3.63, 3.8) is 0 Å². The maximum atomic E-state index is 6.18. The molecule has 0 spiro atoms. The molecule has 0 saturated carbocycles. The van der Waals surface area contributed by atoms with E-state index in [9.17, 15) is 0 Å². The van der Waals surface area contributed by atoms with Gasteiger partial charge in [0.25, 0.3) is 0 Å². The van der Waals surface area contributed by atoms with E-state index in [4.69, 9.17) is 32.7 Å². The van der Waals surface area contributed by atoms with Crippen molar-refractivity contribution in [2.24, 2.45) is 0 Å². The molecule has 1 heterocycles. The molecule has 0 N–H and O–H groups in total. The Morgan fingerprint density at radius 1 is 1.05 bits per heavy atom. The third-order valence-electron chi connectivity index (χ3n) is 2.86. The van der Waals surface area contributed by atoms with E-state index in [-0.39, 0.29) is 11.2 Å². The van der Waals surface area contributed by atoms with Crippen molar-refractivity contribution in [2.45, 2.75) is 19.8 Å². The number of hydrogen-bond donors (Lipinski definition) is 0. The summed E-state index contributed by atoms with van der Waals surface area (Å²) in [6.45, 7) is 4.02. The predicted octanol–water partition coefficient (Wildman–Crippen LogP) is 3.71. The van der Waals surface area contributed by atoms with Crippen molar-refractivity contribution in [2.75, 3.05) is 14.2 Å². The Hall–Kier alpha value is -1.46. The van der Waals surface area contributed by atoms with Crippen LogP contribution < -0.4 is 9.47 Å². The zero-order valence-corrected chi connectivity index (χ0v) is 13.2. The van der Waals surface area contributed by atoms with E-state index in [2.05, 4.69) is 10.2 Å². The van der Waals surface area contributed by atoms with Gasteiger partial charge < -0.3 is 9.47 Å². The number of hydrogen-bond acceptors (Lipinski definition) is 4. The maximum Gasteiger partial charge on any atom is 0.229 e. The van der Waals surface area contributed by atoms with Crippen LogP contribution in [-0.2, 0) is 0 Å². The molecular weight excluding hydrogens is 301 g/mol. The molecule has 0 aliphatic carbocycles. The van der Waals surface area contributed by atoms with E-state index in [1.54, 1.807) is 30.9 Å². The van der Waals surface area contributed by atoms with E-state index in [0.717, 1.165) is 5.82 Å². The maximum absolute atomic E-state index is 6.18. The molecule has 2 rings (SSSR count). The number of aromatic nitrogens is 3. The third kappa shape index (κ3) is 2.55. The van der Waals surface area contributed by atoms with Crippen LogP contribution in [0.15, 0.2) is 12.1 Å².